The maximum Gasteiger partial charge on any atom is 0.235 e. The summed E-state index contributed by atoms with van der Waals surface area (Å²) in [6, 6.07) is 1.34. The number of halogens is 1. The molecule has 0 spiro atoms. The van der Waals surface area contributed by atoms with E-state index in [1.54, 1.807) is 10.7 Å². The number of carbonyl (C=O) groups excluding carboxylic acids is 1. The van der Waals surface area contributed by atoms with Crippen molar-refractivity contribution in [3.05, 3.63) is 29.5 Å². The molecule has 0 aliphatic heterocycles. The Balaban J connectivity index is 1.97. The van der Waals surface area contributed by atoms with Crippen LogP contribution in [0, 0.1) is 17.8 Å². The molecule has 92 valence electrons. The number of nitrogens with zero attached hydrogens (tertiary/aromatic N) is 3. The molecular formula is C13H12FN3O. The van der Waals surface area contributed by atoms with E-state index in [0.29, 0.717) is 11.6 Å². The van der Waals surface area contributed by atoms with Gasteiger partial charge in [0, 0.05) is 23.6 Å². The van der Waals surface area contributed by atoms with Crippen LogP contribution in [0.15, 0.2) is 12.3 Å². The lowest BCUT2D eigenvalue weighted by atomic mass is 9.56. The second-order valence-corrected chi connectivity index (χ2v) is 5.60. The molecular weight excluding hydrogens is 233 g/mol. The van der Waals surface area contributed by atoms with Crippen molar-refractivity contribution in [2.24, 2.45) is 11.8 Å². The predicted octanol–water partition coefficient (Wildman–Crippen LogP) is 1.52. The van der Waals surface area contributed by atoms with Gasteiger partial charge in [0.2, 0.25) is 5.95 Å². The van der Waals surface area contributed by atoms with Crippen LogP contribution in [0.3, 0.4) is 0 Å². The minimum atomic E-state index is -0.505. The Hall–Kier alpha value is -1.78. The summed E-state index contributed by atoms with van der Waals surface area (Å²) >= 11 is 0. The fourth-order valence-corrected chi connectivity index (χ4v) is 3.82. The normalized spacial score (nSPS) is 33.0. The van der Waals surface area contributed by atoms with Gasteiger partial charge in [0.1, 0.15) is 6.29 Å². The van der Waals surface area contributed by atoms with E-state index < -0.39 is 5.95 Å². The van der Waals surface area contributed by atoms with Crippen LogP contribution in [-0.4, -0.2) is 20.9 Å². The summed E-state index contributed by atoms with van der Waals surface area (Å²) in [4.78, 5) is 15.2. The quantitative estimate of drug-likeness (QED) is 0.716. The number of aromatic nitrogens is 3. The number of fused-ring (bicyclic) bond motifs is 5. The molecule has 2 aliphatic carbocycles. The molecule has 5 heteroatoms. The molecule has 2 aromatic heterocycles. The third-order valence-corrected chi connectivity index (χ3v) is 4.68. The summed E-state index contributed by atoms with van der Waals surface area (Å²) < 4.78 is 14.9. The van der Waals surface area contributed by atoms with Gasteiger partial charge in [0.05, 0.1) is 5.69 Å². The largest absolute Gasteiger partial charge is 0.303 e. The van der Waals surface area contributed by atoms with E-state index in [-0.39, 0.29) is 11.3 Å². The van der Waals surface area contributed by atoms with Crippen LogP contribution >= 0.6 is 0 Å². The molecule has 0 saturated heterocycles. The van der Waals surface area contributed by atoms with Crippen LogP contribution in [0.4, 0.5) is 4.39 Å². The SMILES string of the molecule is CC12CC(C=O)C1Cc1cnc3cc(F)nn3c12. The molecule has 0 N–H and O–H groups in total. The maximum atomic E-state index is 13.3. The van der Waals surface area contributed by atoms with Gasteiger partial charge in [-0.1, -0.05) is 6.92 Å². The molecule has 4 nitrogen and oxygen atoms in total. The van der Waals surface area contributed by atoms with Crippen LogP contribution in [0.1, 0.15) is 24.6 Å². The fraction of sp³-hybridized carbons (Fsp3) is 0.462. The van der Waals surface area contributed by atoms with Gasteiger partial charge in [-0.15, -0.1) is 5.10 Å². The summed E-state index contributed by atoms with van der Waals surface area (Å²) in [5.74, 6) is -0.0586. The number of hydrogen-bond donors (Lipinski definition) is 0. The van der Waals surface area contributed by atoms with E-state index in [9.17, 15) is 9.18 Å². The molecule has 0 radical (unpaired) electrons. The molecule has 3 unspecified atom stereocenters. The first-order valence-corrected chi connectivity index (χ1v) is 6.12. The Morgan fingerprint density at radius 3 is 3.22 bits per heavy atom. The minimum Gasteiger partial charge on any atom is -0.303 e. The molecule has 2 aliphatic rings. The topological polar surface area (TPSA) is 47.3 Å². The summed E-state index contributed by atoms with van der Waals surface area (Å²) in [7, 11) is 0. The summed E-state index contributed by atoms with van der Waals surface area (Å²) in [5, 5.41) is 3.90. The van der Waals surface area contributed by atoms with Crippen molar-refractivity contribution >= 4 is 11.9 Å². The monoisotopic (exact) mass is 245 g/mol. The van der Waals surface area contributed by atoms with Crippen molar-refractivity contribution in [3.8, 4) is 0 Å². The average Bonchev–Trinajstić information content (AvgIpc) is 2.80. The van der Waals surface area contributed by atoms with E-state index in [1.807, 2.05) is 0 Å². The van der Waals surface area contributed by atoms with Crippen molar-refractivity contribution < 1.29 is 9.18 Å². The average molecular weight is 245 g/mol. The second-order valence-electron chi connectivity index (χ2n) is 5.60. The summed E-state index contributed by atoms with van der Waals surface area (Å²) in [6.07, 6.45) is 4.53. The van der Waals surface area contributed by atoms with Crippen molar-refractivity contribution in [2.45, 2.75) is 25.2 Å². The van der Waals surface area contributed by atoms with Gasteiger partial charge >= 0.3 is 0 Å². The Morgan fingerprint density at radius 2 is 2.44 bits per heavy atom. The fourth-order valence-electron chi connectivity index (χ4n) is 3.82. The zero-order valence-electron chi connectivity index (χ0n) is 9.93. The van der Waals surface area contributed by atoms with Crippen molar-refractivity contribution in [1.29, 1.82) is 0 Å². The first-order chi connectivity index (χ1) is 8.63. The first kappa shape index (κ1) is 10.2. The van der Waals surface area contributed by atoms with E-state index in [1.165, 1.54) is 6.07 Å². The minimum absolute atomic E-state index is 0.0550. The molecule has 0 amide bonds. The Labute approximate surface area is 103 Å². The number of hydrogen-bond acceptors (Lipinski definition) is 3. The van der Waals surface area contributed by atoms with Gasteiger partial charge < -0.3 is 4.79 Å². The predicted molar refractivity (Wildman–Crippen MR) is 61.7 cm³/mol. The van der Waals surface area contributed by atoms with Crippen LogP contribution in [0.5, 0.6) is 0 Å². The number of carbonyl (C=O) groups is 1. The van der Waals surface area contributed by atoms with E-state index in [2.05, 4.69) is 17.0 Å². The van der Waals surface area contributed by atoms with Crippen molar-refractivity contribution in [3.63, 3.8) is 0 Å². The third kappa shape index (κ3) is 0.985. The van der Waals surface area contributed by atoms with Crippen LogP contribution < -0.4 is 0 Å². The first-order valence-electron chi connectivity index (χ1n) is 6.12. The number of aldehydes is 1. The Kier molecular flexibility index (Phi) is 1.68. The van der Waals surface area contributed by atoms with E-state index in [4.69, 9.17) is 0 Å². The van der Waals surface area contributed by atoms with Gasteiger partial charge in [-0.2, -0.15) is 4.39 Å². The van der Waals surface area contributed by atoms with Crippen LogP contribution in [0.2, 0.25) is 0 Å². The Morgan fingerprint density at radius 1 is 1.61 bits per heavy atom. The van der Waals surface area contributed by atoms with Crippen LogP contribution in [-0.2, 0) is 16.6 Å². The molecule has 1 fully saturated rings. The molecule has 4 rings (SSSR count). The van der Waals surface area contributed by atoms with Crippen molar-refractivity contribution in [2.75, 3.05) is 0 Å². The van der Waals surface area contributed by atoms with Gasteiger partial charge in [0.15, 0.2) is 5.65 Å². The maximum absolute atomic E-state index is 13.3. The lowest BCUT2D eigenvalue weighted by Gasteiger charge is -2.47. The lowest BCUT2D eigenvalue weighted by molar-refractivity contribution is -0.119. The zero-order valence-corrected chi connectivity index (χ0v) is 9.93. The van der Waals surface area contributed by atoms with Crippen molar-refractivity contribution in [1.82, 2.24) is 14.6 Å². The smallest absolute Gasteiger partial charge is 0.235 e. The molecule has 2 heterocycles. The molecule has 18 heavy (non-hydrogen) atoms. The summed E-state index contributed by atoms with van der Waals surface area (Å²) in [6.45, 7) is 2.14. The third-order valence-electron chi connectivity index (χ3n) is 4.68. The lowest BCUT2D eigenvalue weighted by Crippen LogP contribution is -2.48. The van der Waals surface area contributed by atoms with Gasteiger partial charge in [-0.05, 0) is 24.3 Å². The highest BCUT2D eigenvalue weighted by Crippen LogP contribution is 2.58. The van der Waals surface area contributed by atoms with Crippen LogP contribution in [0.25, 0.3) is 5.65 Å². The molecule has 1 saturated carbocycles. The molecule has 0 bridgehead atoms. The Bertz CT molecular complexity index is 680. The molecule has 3 atom stereocenters. The molecule has 0 aromatic carbocycles. The van der Waals surface area contributed by atoms with E-state index in [0.717, 1.165) is 30.4 Å². The second kappa shape index (κ2) is 2.96. The zero-order chi connectivity index (χ0) is 12.5. The highest BCUT2D eigenvalue weighted by molar-refractivity contribution is 5.61. The van der Waals surface area contributed by atoms with Gasteiger partial charge in [-0.25, -0.2) is 9.50 Å². The van der Waals surface area contributed by atoms with Gasteiger partial charge in [0.25, 0.3) is 0 Å². The molecule has 2 aromatic rings. The highest BCUT2D eigenvalue weighted by atomic mass is 19.1. The van der Waals surface area contributed by atoms with E-state index >= 15 is 0 Å². The summed E-state index contributed by atoms with van der Waals surface area (Å²) in [5.41, 5.74) is 2.63. The standard InChI is InChI=1S/C13H12FN3O/c1-13-4-8(6-18)9(13)2-7-5-15-11-3-10(14)16-17(11)12(7)13/h3,5-6,8-9H,2,4H2,1H3. The number of rotatable bonds is 1. The highest BCUT2D eigenvalue weighted by Gasteiger charge is 2.57. The van der Waals surface area contributed by atoms with Gasteiger partial charge in [-0.3, -0.25) is 0 Å².